The smallest absolute Gasteiger partial charge is 0.312 e. The van der Waals surface area contributed by atoms with Crippen LogP contribution in [0.4, 0.5) is 5.69 Å². The Morgan fingerprint density at radius 3 is 2.60 bits per heavy atom. The van der Waals surface area contributed by atoms with Gasteiger partial charge in [-0.3, -0.25) is 14.4 Å². The molecular weight excluding hydrogens is 472 g/mol. The average molecular weight is 507 g/mol. The van der Waals surface area contributed by atoms with Gasteiger partial charge in [-0.1, -0.05) is 44.5 Å². The van der Waals surface area contributed by atoms with Gasteiger partial charge in [0.25, 0.3) is 0 Å². The number of nitrogens with one attached hydrogen (secondary N) is 1. The molecule has 3 saturated heterocycles. The Kier molecular flexibility index (Phi) is 6.94. The molecule has 3 fully saturated rings. The molecule has 0 radical (unpaired) electrons. The third kappa shape index (κ3) is 3.76. The number of carbonyl (C=O) groups excluding carboxylic acids is 3. The Morgan fingerprint density at radius 2 is 2.03 bits per heavy atom. The van der Waals surface area contributed by atoms with Crippen LogP contribution >= 0.6 is 11.6 Å². The minimum Gasteiger partial charge on any atom is -0.466 e. The molecule has 35 heavy (non-hydrogen) atoms. The van der Waals surface area contributed by atoms with E-state index in [0.717, 1.165) is 5.56 Å². The number of nitrogens with zero attached hydrogens (tertiary/aromatic N) is 1. The van der Waals surface area contributed by atoms with Crippen LogP contribution in [0.5, 0.6) is 0 Å². The molecule has 0 aromatic heterocycles. The van der Waals surface area contributed by atoms with E-state index in [4.69, 9.17) is 21.1 Å². The van der Waals surface area contributed by atoms with E-state index in [1.165, 1.54) is 4.90 Å². The zero-order valence-electron chi connectivity index (χ0n) is 21.0. The maximum Gasteiger partial charge on any atom is 0.312 e. The third-order valence-corrected chi connectivity index (χ3v) is 8.51. The number of hydrogen-bond donors (Lipinski definition) is 2. The first-order valence-electron chi connectivity index (χ1n) is 12.4. The predicted molar refractivity (Wildman–Crippen MR) is 131 cm³/mol. The highest BCUT2D eigenvalue weighted by molar-refractivity contribution is 6.34. The molecule has 1 spiro atoms. The average Bonchev–Trinajstić information content (AvgIpc) is 3.41. The van der Waals surface area contributed by atoms with E-state index in [0.29, 0.717) is 30.0 Å². The number of rotatable bonds is 8. The van der Waals surface area contributed by atoms with Crippen molar-refractivity contribution in [2.24, 2.45) is 17.8 Å². The number of likely N-dealkylation sites (tertiary alicyclic amines) is 1. The highest BCUT2D eigenvalue weighted by Crippen LogP contribution is 2.65. The first-order chi connectivity index (χ1) is 16.6. The first kappa shape index (κ1) is 25.9. The number of hydrogen-bond acceptors (Lipinski definition) is 6. The minimum absolute atomic E-state index is 0.130. The van der Waals surface area contributed by atoms with Gasteiger partial charge in [0.05, 0.1) is 41.5 Å². The summed E-state index contributed by atoms with van der Waals surface area (Å²) in [6, 6.07) is 3.68. The van der Waals surface area contributed by atoms with Gasteiger partial charge in [0.15, 0.2) is 0 Å². The molecule has 1 aromatic carbocycles. The van der Waals surface area contributed by atoms with E-state index in [9.17, 15) is 19.5 Å². The molecule has 2 amide bonds. The maximum absolute atomic E-state index is 14.1. The molecule has 0 saturated carbocycles. The lowest BCUT2D eigenvalue weighted by Gasteiger charge is -2.38. The number of fused-ring (bicyclic) bond motifs is 1. The van der Waals surface area contributed by atoms with Gasteiger partial charge < -0.3 is 24.8 Å². The number of para-hydroxylation sites is 1. The normalized spacial score (nSPS) is 32.2. The molecule has 4 rings (SSSR count). The zero-order chi connectivity index (χ0) is 25.7. The predicted octanol–water partition coefficient (Wildman–Crippen LogP) is 3.32. The van der Waals surface area contributed by atoms with Gasteiger partial charge in [-0.05, 0) is 50.7 Å². The summed E-state index contributed by atoms with van der Waals surface area (Å²) in [4.78, 5) is 42.7. The van der Waals surface area contributed by atoms with Gasteiger partial charge in [0.2, 0.25) is 11.8 Å². The number of halogens is 1. The second-order valence-electron chi connectivity index (χ2n) is 10.2. The number of anilines is 1. The van der Waals surface area contributed by atoms with Crippen molar-refractivity contribution in [2.75, 3.05) is 18.5 Å². The number of amides is 2. The van der Waals surface area contributed by atoms with Crippen LogP contribution in [0.2, 0.25) is 5.02 Å². The number of ether oxygens (including phenoxy) is 2. The molecule has 3 heterocycles. The molecule has 8 nitrogen and oxygen atoms in total. The standard InChI is InChI=1S/C26H35ClN2O6/c1-6-25-11-12-26(35-25)18(19(25)24(33)34-7-2)23(32)29(17(13-30)14(3)4)21(26)22(31)28-20-15(5)9-8-10-16(20)27/h8-10,14,17-19,21,30H,6-7,11-13H2,1-5H3,(H,28,31)/t17-,18-,19+,21?,25-,26?/m0/s1. The van der Waals surface area contributed by atoms with Crippen LogP contribution in [0.3, 0.4) is 0 Å². The van der Waals surface area contributed by atoms with E-state index >= 15 is 0 Å². The summed E-state index contributed by atoms with van der Waals surface area (Å²) in [6.45, 7) is 9.15. The van der Waals surface area contributed by atoms with Crippen LogP contribution in [-0.2, 0) is 23.9 Å². The summed E-state index contributed by atoms with van der Waals surface area (Å²) in [5.74, 6) is -3.04. The molecule has 2 unspecified atom stereocenters. The summed E-state index contributed by atoms with van der Waals surface area (Å²) < 4.78 is 12.1. The minimum atomic E-state index is -1.19. The van der Waals surface area contributed by atoms with Crippen LogP contribution in [0.25, 0.3) is 0 Å². The lowest BCUT2D eigenvalue weighted by atomic mass is 9.65. The van der Waals surface area contributed by atoms with Crippen molar-refractivity contribution in [1.29, 1.82) is 0 Å². The summed E-state index contributed by atoms with van der Waals surface area (Å²) >= 11 is 6.39. The molecule has 3 aliphatic heterocycles. The second-order valence-corrected chi connectivity index (χ2v) is 10.7. The SMILES string of the molecule is CCOC(=O)[C@H]1[C@H]2C(=O)N([C@@H](CO)C(C)C)C(C(=O)Nc3c(C)cccc3Cl)C23CC[C@]1(CC)O3. The highest BCUT2D eigenvalue weighted by atomic mass is 35.5. The fourth-order valence-corrected chi connectivity index (χ4v) is 6.77. The first-order valence-corrected chi connectivity index (χ1v) is 12.8. The van der Waals surface area contributed by atoms with Gasteiger partial charge in [-0.2, -0.15) is 0 Å². The molecule has 0 aliphatic carbocycles. The van der Waals surface area contributed by atoms with Crippen LogP contribution < -0.4 is 5.32 Å². The van der Waals surface area contributed by atoms with Gasteiger partial charge in [0.1, 0.15) is 17.6 Å². The lowest BCUT2D eigenvalue weighted by molar-refractivity contribution is -0.161. The Hall–Kier alpha value is -2.16. The Labute approximate surface area is 211 Å². The zero-order valence-corrected chi connectivity index (χ0v) is 21.7. The number of aliphatic hydroxyl groups is 1. The fraction of sp³-hybridized carbons (Fsp3) is 0.654. The largest absolute Gasteiger partial charge is 0.466 e. The number of aliphatic hydroxyl groups excluding tert-OH is 1. The molecule has 2 bridgehead atoms. The van der Waals surface area contributed by atoms with Crippen molar-refractivity contribution >= 4 is 35.1 Å². The van der Waals surface area contributed by atoms with E-state index in [2.05, 4.69) is 5.32 Å². The van der Waals surface area contributed by atoms with Gasteiger partial charge in [-0.15, -0.1) is 0 Å². The van der Waals surface area contributed by atoms with Crippen LogP contribution in [-0.4, -0.2) is 64.3 Å². The molecule has 3 aliphatic rings. The Balaban J connectivity index is 1.83. The van der Waals surface area contributed by atoms with Crippen molar-refractivity contribution in [3.8, 4) is 0 Å². The van der Waals surface area contributed by atoms with Crippen LogP contribution in [0.1, 0.15) is 52.5 Å². The quantitative estimate of drug-likeness (QED) is 0.524. The molecule has 192 valence electrons. The van der Waals surface area contributed by atoms with Crippen LogP contribution in [0, 0.1) is 24.7 Å². The third-order valence-electron chi connectivity index (χ3n) is 8.19. The monoisotopic (exact) mass is 506 g/mol. The number of aryl methyl sites for hydroxylation is 1. The van der Waals surface area contributed by atoms with Crippen molar-refractivity contribution < 1.29 is 29.0 Å². The van der Waals surface area contributed by atoms with E-state index < -0.39 is 47.0 Å². The number of carbonyl (C=O) groups is 3. The van der Waals surface area contributed by atoms with Crippen molar-refractivity contribution in [3.05, 3.63) is 28.8 Å². The molecule has 1 aromatic rings. The summed E-state index contributed by atoms with van der Waals surface area (Å²) in [5.41, 5.74) is -0.795. The summed E-state index contributed by atoms with van der Waals surface area (Å²) in [7, 11) is 0. The second kappa shape index (κ2) is 9.37. The topological polar surface area (TPSA) is 105 Å². The van der Waals surface area contributed by atoms with Gasteiger partial charge >= 0.3 is 5.97 Å². The fourth-order valence-electron chi connectivity index (χ4n) is 6.51. The van der Waals surface area contributed by atoms with Crippen LogP contribution in [0.15, 0.2) is 18.2 Å². The number of benzene rings is 1. The maximum atomic E-state index is 14.1. The lowest BCUT2D eigenvalue weighted by Crippen LogP contribution is -2.57. The van der Waals surface area contributed by atoms with Crippen molar-refractivity contribution in [2.45, 2.75) is 77.2 Å². The molecular formula is C26H35ClN2O6. The van der Waals surface area contributed by atoms with E-state index in [-0.39, 0.29) is 25.0 Å². The Bertz CT molecular complexity index is 1010. The van der Waals surface area contributed by atoms with Gasteiger partial charge in [-0.25, -0.2) is 0 Å². The summed E-state index contributed by atoms with van der Waals surface area (Å²) in [5, 5.41) is 13.6. The van der Waals surface area contributed by atoms with Crippen molar-refractivity contribution in [3.63, 3.8) is 0 Å². The summed E-state index contributed by atoms with van der Waals surface area (Å²) in [6.07, 6.45) is 1.53. The molecule has 9 heteroatoms. The van der Waals surface area contributed by atoms with E-state index in [1.807, 2.05) is 33.8 Å². The van der Waals surface area contributed by atoms with Crippen molar-refractivity contribution in [1.82, 2.24) is 4.90 Å². The number of esters is 1. The van der Waals surface area contributed by atoms with Gasteiger partial charge in [0, 0.05) is 0 Å². The molecule has 6 atom stereocenters. The highest BCUT2D eigenvalue weighted by Gasteiger charge is 2.79. The molecule has 2 N–H and O–H groups in total. The van der Waals surface area contributed by atoms with E-state index in [1.54, 1.807) is 19.1 Å². The Morgan fingerprint density at radius 1 is 1.31 bits per heavy atom.